The lowest BCUT2D eigenvalue weighted by atomic mass is 9.85. The van der Waals surface area contributed by atoms with Crippen LogP contribution in [0.2, 0.25) is 0 Å². The van der Waals surface area contributed by atoms with Crippen molar-refractivity contribution in [3.8, 4) is 0 Å². The molecule has 3 aromatic carbocycles. The quantitative estimate of drug-likeness (QED) is 0.147. The van der Waals surface area contributed by atoms with Crippen molar-refractivity contribution in [3.05, 3.63) is 95.8 Å². The Balaban J connectivity index is 1.80. The highest BCUT2D eigenvalue weighted by Gasteiger charge is 2.36. The molecule has 3 aromatic rings. The second-order valence-corrected chi connectivity index (χ2v) is 15.2. The Bertz CT molecular complexity index is 1560. The van der Waals surface area contributed by atoms with E-state index in [0.717, 1.165) is 5.56 Å². The summed E-state index contributed by atoms with van der Waals surface area (Å²) < 4.78 is 42.1. The molecule has 3 rings (SSSR count). The summed E-state index contributed by atoms with van der Waals surface area (Å²) in [7, 11) is -4.01. The Morgan fingerprint density at radius 2 is 1.55 bits per heavy atom. The molecule has 0 saturated carbocycles. The van der Waals surface area contributed by atoms with Gasteiger partial charge in [-0.1, -0.05) is 77.1 Å². The van der Waals surface area contributed by atoms with Gasteiger partial charge >= 0.3 is 0 Å². The third-order valence-electron chi connectivity index (χ3n) is 7.51. The number of amides is 2. The Morgan fingerprint density at radius 3 is 2.15 bits per heavy atom. The van der Waals surface area contributed by atoms with E-state index in [2.05, 4.69) is 16.0 Å². The zero-order chi connectivity index (χ0) is 34.8. The maximum Gasteiger partial charge on any atom is 0.243 e. The number of nitrogens with zero attached hydrogens (tertiary/aromatic N) is 1. The molecule has 0 saturated heterocycles. The molecule has 0 aromatic heterocycles. The normalized spacial score (nSPS) is 14.1. The number of rotatable bonds is 16. The zero-order valence-corrected chi connectivity index (χ0v) is 28.6. The number of aliphatic hydroxyl groups excluding tert-OH is 1. The van der Waals surface area contributed by atoms with Gasteiger partial charge in [0.25, 0.3) is 0 Å². The molecule has 3 atom stereocenters. The molecule has 0 aliphatic rings. The minimum atomic E-state index is -4.01. The fourth-order valence-electron chi connectivity index (χ4n) is 5.07. The van der Waals surface area contributed by atoms with Gasteiger partial charge in [-0.25, -0.2) is 12.8 Å². The van der Waals surface area contributed by atoms with Gasteiger partial charge in [-0.05, 0) is 65.3 Å². The summed E-state index contributed by atoms with van der Waals surface area (Å²) >= 11 is 0. The summed E-state index contributed by atoms with van der Waals surface area (Å²) in [5, 5.41) is 20.3. The summed E-state index contributed by atoms with van der Waals surface area (Å²) in [6.45, 7) is 9.19. The van der Waals surface area contributed by atoms with Crippen LogP contribution >= 0.6 is 0 Å². The van der Waals surface area contributed by atoms with Crippen molar-refractivity contribution in [2.75, 3.05) is 25.4 Å². The lowest BCUT2D eigenvalue weighted by Gasteiger charge is -2.34. The van der Waals surface area contributed by atoms with E-state index in [-0.39, 0.29) is 49.2 Å². The summed E-state index contributed by atoms with van der Waals surface area (Å²) in [4.78, 5) is 26.8. The van der Waals surface area contributed by atoms with Crippen molar-refractivity contribution in [1.82, 2.24) is 20.3 Å². The van der Waals surface area contributed by atoms with E-state index in [1.165, 1.54) is 40.7 Å². The molecule has 47 heavy (non-hydrogen) atoms. The first-order valence-corrected chi connectivity index (χ1v) is 17.1. The van der Waals surface area contributed by atoms with E-state index in [4.69, 9.17) is 5.73 Å². The van der Waals surface area contributed by atoms with Gasteiger partial charge in [0, 0.05) is 25.3 Å². The number of aliphatic hydroxyl groups is 1. The predicted molar refractivity (Wildman–Crippen MR) is 182 cm³/mol. The largest absolute Gasteiger partial charge is 0.399 e. The highest BCUT2D eigenvalue weighted by Crippen LogP contribution is 2.22. The lowest BCUT2D eigenvalue weighted by molar-refractivity contribution is -0.132. The van der Waals surface area contributed by atoms with E-state index >= 15 is 0 Å². The molecule has 2 unspecified atom stereocenters. The lowest BCUT2D eigenvalue weighted by Crippen LogP contribution is -2.59. The summed E-state index contributed by atoms with van der Waals surface area (Å²) in [5.41, 5.74) is 6.98. The SMILES string of the molecule is CC(C)CN(CC(O)C(Cc1ccccc1)NC(=O)[C@@H](NC(=O)CNCc1cccc(F)c1)C(C)(C)C)S(=O)(=O)c1ccc(N)cc1. The van der Waals surface area contributed by atoms with Gasteiger partial charge in [0.05, 0.1) is 23.6 Å². The maximum absolute atomic E-state index is 13.8. The fourth-order valence-corrected chi connectivity index (χ4v) is 6.70. The Kier molecular flexibility index (Phi) is 13.5. The molecule has 12 heteroatoms. The number of sulfonamides is 1. The van der Waals surface area contributed by atoms with Gasteiger partial charge in [-0.15, -0.1) is 0 Å². The maximum atomic E-state index is 13.8. The second-order valence-electron chi connectivity index (χ2n) is 13.3. The predicted octanol–water partition coefficient (Wildman–Crippen LogP) is 3.46. The third-order valence-corrected chi connectivity index (χ3v) is 9.35. The van der Waals surface area contributed by atoms with Crippen LogP contribution in [0.4, 0.5) is 10.1 Å². The van der Waals surface area contributed by atoms with Crippen LogP contribution in [0.15, 0.2) is 83.8 Å². The highest BCUT2D eigenvalue weighted by molar-refractivity contribution is 7.89. The van der Waals surface area contributed by atoms with Crippen molar-refractivity contribution in [1.29, 1.82) is 0 Å². The van der Waals surface area contributed by atoms with Crippen LogP contribution in [-0.2, 0) is 32.6 Å². The first kappa shape index (κ1) is 37.6. The van der Waals surface area contributed by atoms with Gasteiger partial charge in [0.15, 0.2) is 0 Å². The smallest absolute Gasteiger partial charge is 0.243 e. The number of benzene rings is 3. The van der Waals surface area contributed by atoms with Crippen molar-refractivity contribution in [2.24, 2.45) is 11.3 Å². The highest BCUT2D eigenvalue weighted by atomic mass is 32.2. The van der Waals surface area contributed by atoms with Crippen LogP contribution in [-0.4, -0.2) is 67.5 Å². The summed E-state index contributed by atoms with van der Waals surface area (Å²) in [5.74, 6) is -1.38. The molecule has 6 N–H and O–H groups in total. The van der Waals surface area contributed by atoms with Gasteiger partial charge < -0.3 is 26.8 Å². The Morgan fingerprint density at radius 1 is 0.915 bits per heavy atom. The van der Waals surface area contributed by atoms with Crippen LogP contribution in [0.3, 0.4) is 0 Å². The molecule has 0 fully saturated rings. The molecule has 2 amide bonds. The molecule has 0 spiro atoms. The van der Waals surface area contributed by atoms with Crippen molar-refractivity contribution in [2.45, 2.75) is 70.7 Å². The second kappa shape index (κ2) is 16.8. The van der Waals surface area contributed by atoms with Gasteiger partial charge in [-0.3, -0.25) is 9.59 Å². The first-order valence-electron chi connectivity index (χ1n) is 15.7. The number of hydrogen-bond donors (Lipinski definition) is 5. The van der Waals surface area contributed by atoms with E-state index in [9.17, 15) is 27.5 Å². The van der Waals surface area contributed by atoms with Crippen LogP contribution in [0.1, 0.15) is 45.7 Å². The third kappa shape index (κ3) is 11.7. The molecule has 10 nitrogen and oxygen atoms in total. The molecular formula is C35H48FN5O5S. The molecule has 256 valence electrons. The van der Waals surface area contributed by atoms with Gasteiger partial charge in [0.1, 0.15) is 11.9 Å². The van der Waals surface area contributed by atoms with Crippen LogP contribution in [0, 0.1) is 17.2 Å². The molecule has 0 aliphatic carbocycles. The number of carbonyl (C=O) groups excluding carboxylic acids is 2. The molecule has 0 bridgehead atoms. The Labute approximate surface area is 278 Å². The average Bonchev–Trinajstić information content (AvgIpc) is 2.99. The molecule has 0 heterocycles. The zero-order valence-electron chi connectivity index (χ0n) is 27.7. The summed E-state index contributed by atoms with van der Waals surface area (Å²) in [6, 6.07) is 19.3. The van der Waals surface area contributed by atoms with Crippen LogP contribution in [0.5, 0.6) is 0 Å². The number of nitrogen functional groups attached to an aromatic ring is 1. The number of hydrogen-bond acceptors (Lipinski definition) is 7. The van der Waals surface area contributed by atoms with E-state index in [1.807, 2.05) is 65.0 Å². The topological polar surface area (TPSA) is 154 Å². The van der Waals surface area contributed by atoms with Crippen LogP contribution in [0.25, 0.3) is 0 Å². The monoisotopic (exact) mass is 669 g/mol. The minimum Gasteiger partial charge on any atom is -0.399 e. The summed E-state index contributed by atoms with van der Waals surface area (Å²) in [6.07, 6.45) is -1.09. The molecule has 0 radical (unpaired) electrons. The van der Waals surface area contributed by atoms with Gasteiger partial charge in [0.2, 0.25) is 21.8 Å². The van der Waals surface area contributed by atoms with Crippen LogP contribution < -0.4 is 21.7 Å². The minimum absolute atomic E-state index is 0.0460. The average molecular weight is 670 g/mol. The van der Waals surface area contributed by atoms with Gasteiger partial charge in [-0.2, -0.15) is 4.31 Å². The molecular weight excluding hydrogens is 621 g/mol. The Hall–Kier alpha value is -3.84. The van der Waals surface area contributed by atoms with Crippen molar-refractivity contribution in [3.63, 3.8) is 0 Å². The number of anilines is 1. The van der Waals surface area contributed by atoms with Crippen molar-refractivity contribution < 1.29 is 27.5 Å². The van der Waals surface area contributed by atoms with E-state index in [0.29, 0.717) is 11.3 Å². The van der Waals surface area contributed by atoms with E-state index in [1.54, 1.807) is 12.1 Å². The number of nitrogens with two attached hydrogens (primary N) is 1. The standard InChI is InChI=1S/C35H48FN5O5S/c1-24(2)22-41(47(45,46)29-16-14-28(37)15-17-29)23-31(42)30(19-25-10-7-6-8-11-25)39-34(44)33(35(3,4)5)40-32(43)21-38-20-26-12-9-13-27(36)18-26/h6-18,24,30-31,33,38,42H,19-23,37H2,1-5H3,(H,39,44)(H,40,43)/t30?,31?,33-/m1/s1. The number of nitrogens with one attached hydrogen (secondary N) is 3. The number of carbonyl (C=O) groups is 2. The fraction of sp³-hybridized carbons (Fsp3) is 0.429. The number of halogens is 1. The van der Waals surface area contributed by atoms with E-state index < -0.39 is 45.4 Å². The van der Waals surface area contributed by atoms with Crippen molar-refractivity contribution >= 4 is 27.5 Å². The molecule has 0 aliphatic heterocycles. The first-order chi connectivity index (χ1) is 22.1.